The molecular weight excluding hydrogens is 272 g/mol. The van der Waals surface area contributed by atoms with Gasteiger partial charge in [-0.25, -0.2) is 0 Å². The van der Waals surface area contributed by atoms with Crippen LogP contribution in [-0.2, 0) is 9.53 Å². The first-order chi connectivity index (χ1) is 10.8. The number of ether oxygens (including phenoxy) is 1. The van der Waals surface area contributed by atoms with Crippen molar-refractivity contribution in [3.8, 4) is 0 Å². The molecule has 0 bridgehead atoms. The summed E-state index contributed by atoms with van der Waals surface area (Å²) >= 11 is 0. The van der Waals surface area contributed by atoms with Crippen LogP contribution in [0.15, 0.2) is 12.2 Å². The molecule has 22 heavy (non-hydrogen) atoms. The smallest absolute Gasteiger partial charge is 0.306 e. The van der Waals surface area contributed by atoms with Gasteiger partial charge in [-0.1, -0.05) is 83.3 Å². The van der Waals surface area contributed by atoms with Crippen molar-refractivity contribution in [2.45, 2.75) is 103 Å². The van der Waals surface area contributed by atoms with Crippen LogP contribution in [0, 0.1) is 6.42 Å². The molecule has 0 aromatic carbocycles. The molecule has 0 amide bonds. The molecule has 2 heteroatoms. The van der Waals surface area contributed by atoms with Crippen molar-refractivity contribution in [2.75, 3.05) is 0 Å². The average Bonchev–Trinajstić information content (AvgIpc) is 2.53. The summed E-state index contributed by atoms with van der Waals surface area (Å²) in [6.07, 6.45) is 23.1. The van der Waals surface area contributed by atoms with Crippen molar-refractivity contribution in [3.05, 3.63) is 18.6 Å². The number of hydrogen-bond donors (Lipinski definition) is 0. The summed E-state index contributed by atoms with van der Waals surface area (Å²) in [5, 5.41) is 0. The zero-order valence-corrected chi connectivity index (χ0v) is 14.5. The highest BCUT2D eigenvalue weighted by Crippen LogP contribution is 2.15. The number of carbonyl (C=O) groups excluding carboxylic acids is 1. The van der Waals surface area contributed by atoms with Crippen LogP contribution in [-0.4, -0.2) is 12.1 Å². The molecule has 127 valence electrons. The van der Waals surface area contributed by atoms with Crippen LogP contribution in [0.2, 0.25) is 0 Å². The largest absolute Gasteiger partial charge is 0.462 e. The maximum Gasteiger partial charge on any atom is 0.306 e. The molecule has 1 atom stereocenters. The molecule has 0 spiro atoms. The van der Waals surface area contributed by atoms with Gasteiger partial charge in [0, 0.05) is 19.3 Å². The normalized spacial score (nSPS) is 17.6. The second-order valence-electron chi connectivity index (χ2n) is 6.49. The lowest BCUT2D eigenvalue weighted by Crippen LogP contribution is -2.19. The molecule has 0 N–H and O–H groups in total. The van der Waals surface area contributed by atoms with Crippen molar-refractivity contribution in [2.24, 2.45) is 0 Å². The molecule has 0 aromatic rings. The fourth-order valence-electron chi connectivity index (χ4n) is 2.91. The Labute approximate surface area is 137 Å². The van der Waals surface area contributed by atoms with Crippen molar-refractivity contribution in [1.82, 2.24) is 0 Å². The van der Waals surface area contributed by atoms with Gasteiger partial charge in [-0.2, -0.15) is 0 Å². The molecule has 0 aliphatic heterocycles. The second kappa shape index (κ2) is 13.8. The van der Waals surface area contributed by atoms with Gasteiger partial charge in [-0.15, -0.1) is 0 Å². The standard InChI is InChI=1S/C20H35O2/c1-2-3-4-5-6-7-8-9-10-11-15-18-20(21)22-19-16-13-12-14-17-19/h12-13,17,19H,2-11,14-16,18H2,1H3. The first-order valence-corrected chi connectivity index (χ1v) is 9.50. The lowest BCUT2D eigenvalue weighted by Gasteiger charge is -2.18. The minimum absolute atomic E-state index is 0.0187. The molecule has 0 saturated carbocycles. The van der Waals surface area contributed by atoms with Gasteiger partial charge in [0.1, 0.15) is 6.10 Å². The molecule has 0 aromatic heterocycles. The highest BCUT2D eigenvalue weighted by Gasteiger charge is 2.14. The summed E-state index contributed by atoms with van der Waals surface area (Å²) in [7, 11) is 0. The number of allylic oxidation sites excluding steroid dienone is 1. The molecule has 1 aliphatic carbocycles. The lowest BCUT2D eigenvalue weighted by atomic mass is 10.0. The van der Waals surface area contributed by atoms with Gasteiger partial charge in [0.2, 0.25) is 0 Å². The van der Waals surface area contributed by atoms with Gasteiger partial charge in [0.05, 0.1) is 0 Å². The summed E-state index contributed by atoms with van der Waals surface area (Å²) in [6, 6.07) is 0. The van der Waals surface area contributed by atoms with Gasteiger partial charge >= 0.3 is 5.97 Å². The maximum absolute atomic E-state index is 11.7. The van der Waals surface area contributed by atoms with Crippen molar-refractivity contribution in [1.29, 1.82) is 0 Å². The minimum atomic E-state index is -0.0209. The molecule has 1 rings (SSSR count). The van der Waals surface area contributed by atoms with E-state index in [0.717, 1.165) is 19.3 Å². The number of rotatable bonds is 13. The van der Waals surface area contributed by atoms with E-state index < -0.39 is 0 Å². The molecule has 2 nitrogen and oxygen atoms in total. The van der Waals surface area contributed by atoms with E-state index in [1.165, 1.54) is 64.2 Å². The lowest BCUT2D eigenvalue weighted by molar-refractivity contribution is -0.147. The number of esters is 1. The van der Waals surface area contributed by atoms with Crippen molar-refractivity contribution >= 4 is 5.97 Å². The zero-order chi connectivity index (χ0) is 15.9. The van der Waals surface area contributed by atoms with Crippen molar-refractivity contribution in [3.63, 3.8) is 0 Å². The van der Waals surface area contributed by atoms with Crippen LogP contribution in [0.1, 0.15) is 96.8 Å². The van der Waals surface area contributed by atoms with E-state index in [4.69, 9.17) is 4.74 Å². The molecule has 1 radical (unpaired) electrons. The number of hydrogen-bond acceptors (Lipinski definition) is 2. The predicted molar refractivity (Wildman–Crippen MR) is 93.6 cm³/mol. The summed E-state index contributed by atoms with van der Waals surface area (Å²) in [6.45, 7) is 2.26. The SMILES string of the molecule is CCCCCCCCCCCCCC(=O)OC1[CH]CC=CC1. The van der Waals surface area contributed by atoms with E-state index in [1.807, 2.05) is 0 Å². The Hall–Kier alpha value is -0.790. The average molecular weight is 307 g/mol. The van der Waals surface area contributed by atoms with Gasteiger partial charge in [0.15, 0.2) is 0 Å². The number of unbranched alkanes of at least 4 members (excludes halogenated alkanes) is 10. The predicted octanol–water partition coefficient (Wildman–Crippen LogP) is 6.15. The molecule has 0 fully saturated rings. The molecule has 0 heterocycles. The fourth-order valence-corrected chi connectivity index (χ4v) is 2.91. The Balaban J connectivity index is 1.80. The van der Waals surface area contributed by atoms with Crippen LogP contribution < -0.4 is 0 Å². The van der Waals surface area contributed by atoms with E-state index in [0.29, 0.717) is 6.42 Å². The summed E-state index contributed by atoms with van der Waals surface area (Å²) in [5.74, 6) is -0.0209. The van der Waals surface area contributed by atoms with Gasteiger partial charge in [0.25, 0.3) is 0 Å². The molecular formula is C20H35O2. The number of carbonyl (C=O) groups is 1. The summed E-state index contributed by atoms with van der Waals surface area (Å²) in [4.78, 5) is 11.7. The maximum atomic E-state index is 11.7. The van der Waals surface area contributed by atoms with Gasteiger partial charge < -0.3 is 4.74 Å². The quantitative estimate of drug-likeness (QED) is 0.231. The summed E-state index contributed by atoms with van der Waals surface area (Å²) < 4.78 is 5.44. The Bertz CT molecular complexity index is 296. The van der Waals surface area contributed by atoms with E-state index in [-0.39, 0.29) is 12.1 Å². The van der Waals surface area contributed by atoms with Crippen LogP contribution in [0.5, 0.6) is 0 Å². The fraction of sp³-hybridized carbons (Fsp3) is 0.800. The van der Waals surface area contributed by atoms with E-state index in [9.17, 15) is 4.79 Å². The Kier molecular flexibility index (Phi) is 12.1. The Morgan fingerprint density at radius 3 is 2.05 bits per heavy atom. The second-order valence-corrected chi connectivity index (χ2v) is 6.49. The van der Waals surface area contributed by atoms with E-state index in [2.05, 4.69) is 25.5 Å². The van der Waals surface area contributed by atoms with Crippen molar-refractivity contribution < 1.29 is 9.53 Å². The third-order valence-corrected chi connectivity index (χ3v) is 4.34. The third-order valence-electron chi connectivity index (χ3n) is 4.34. The Morgan fingerprint density at radius 2 is 1.50 bits per heavy atom. The van der Waals surface area contributed by atoms with E-state index >= 15 is 0 Å². The Morgan fingerprint density at radius 1 is 0.909 bits per heavy atom. The van der Waals surface area contributed by atoms with E-state index in [1.54, 1.807) is 0 Å². The summed E-state index contributed by atoms with van der Waals surface area (Å²) in [5.41, 5.74) is 0. The molecule has 0 saturated heterocycles. The zero-order valence-electron chi connectivity index (χ0n) is 14.5. The highest BCUT2D eigenvalue weighted by atomic mass is 16.5. The molecule has 1 aliphatic rings. The molecule has 1 unspecified atom stereocenters. The van der Waals surface area contributed by atoms with Crippen LogP contribution in [0.4, 0.5) is 0 Å². The minimum Gasteiger partial charge on any atom is -0.462 e. The monoisotopic (exact) mass is 307 g/mol. The van der Waals surface area contributed by atoms with Crippen LogP contribution >= 0.6 is 0 Å². The van der Waals surface area contributed by atoms with Gasteiger partial charge in [-0.3, -0.25) is 4.79 Å². The third kappa shape index (κ3) is 10.9. The topological polar surface area (TPSA) is 26.3 Å². The first kappa shape index (κ1) is 19.3. The van der Waals surface area contributed by atoms with Crippen LogP contribution in [0.3, 0.4) is 0 Å². The first-order valence-electron chi connectivity index (χ1n) is 9.50. The van der Waals surface area contributed by atoms with Crippen LogP contribution in [0.25, 0.3) is 0 Å². The van der Waals surface area contributed by atoms with Gasteiger partial charge in [-0.05, 0) is 12.8 Å². The highest BCUT2D eigenvalue weighted by molar-refractivity contribution is 5.69.